The topological polar surface area (TPSA) is 55.0 Å². The summed E-state index contributed by atoms with van der Waals surface area (Å²) in [5.41, 5.74) is 9.41. The third kappa shape index (κ3) is 2.98. The summed E-state index contributed by atoms with van der Waals surface area (Å²) in [6.07, 6.45) is 1.94. The molecule has 19 heavy (non-hydrogen) atoms. The Kier molecular flexibility index (Phi) is 3.95. The smallest absolute Gasteiger partial charge is 0.191 e. The molecule has 1 heterocycles. The molecule has 0 aliphatic rings. The molecule has 4 nitrogen and oxygen atoms in total. The Labute approximate surface area is 118 Å². The number of hydrogen-bond donors (Lipinski definition) is 1. The van der Waals surface area contributed by atoms with Crippen LogP contribution in [0.4, 0.5) is 17.3 Å². The van der Waals surface area contributed by atoms with Crippen LogP contribution in [0.1, 0.15) is 11.1 Å². The van der Waals surface area contributed by atoms with Crippen molar-refractivity contribution in [2.24, 2.45) is 0 Å². The Morgan fingerprint density at radius 2 is 1.89 bits per heavy atom. The van der Waals surface area contributed by atoms with Gasteiger partial charge in [0.05, 0.1) is 0 Å². The SMILES string of the molecule is CSc1nc(N)cc(N(C)c2ccc(C)cc2C)n1. The van der Waals surface area contributed by atoms with Gasteiger partial charge in [0.15, 0.2) is 5.16 Å². The minimum atomic E-state index is 0.492. The van der Waals surface area contributed by atoms with Crippen LogP contribution < -0.4 is 10.6 Å². The maximum atomic E-state index is 5.82. The van der Waals surface area contributed by atoms with Crippen molar-refractivity contribution in [2.75, 3.05) is 23.9 Å². The minimum absolute atomic E-state index is 0.492. The summed E-state index contributed by atoms with van der Waals surface area (Å²) in [5, 5.41) is 0.687. The van der Waals surface area contributed by atoms with Gasteiger partial charge in [0.25, 0.3) is 0 Å². The van der Waals surface area contributed by atoms with Crippen LogP contribution in [0.15, 0.2) is 29.4 Å². The van der Waals surface area contributed by atoms with E-state index in [9.17, 15) is 0 Å². The number of nitrogens with two attached hydrogens (primary N) is 1. The van der Waals surface area contributed by atoms with Crippen LogP contribution >= 0.6 is 11.8 Å². The van der Waals surface area contributed by atoms with Crippen LogP contribution in [0.25, 0.3) is 0 Å². The molecule has 100 valence electrons. The van der Waals surface area contributed by atoms with E-state index in [0.29, 0.717) is 11.0 Å². The van der Waals surface area contributed by atoms with Crippen molar-refractivity contribution < 1.29 is 0 Å². The van der Waals surface area contributed by atoms with Crippen molar-refractivity contribution in [3.8, 4) is 0 Å². The first kappa shape index (κ1) is 13.7. The highest BCUT2D eigenvalue weighted by Crippen LogP contribution is 2.27. The number of aryl methyl sites for hydroxylation is 2. The highest BCUT2D eigenvalue weighted by molar-refractivity contribution is 7.98. The van der Waals surface area contributed by atoms with Crippen LogP contribution in [-0.4, -0.2) is 23.3 Å². The Balaban J connectivity index is 2.43. The van der Waals surface area contributed by atoms with E-state index in [2.05, 4.69) is 42.0 Å². The largest absolute Gasteiger partial charge is 0.383 e. The summed E-state index contributed by atoms with van der Waals surface area (Å²) in [4.78, 5) is 10.7. The molecule has 2 aromatic rings. The molecule has 2 N–H and O–H groups in total. The van der Waals surface area contributed by atoms with Gasteiger partial charge in [-0.2, -0.15) is 0 Å². The Morgan fingerprint density at radius 3 is 2.53 bits per heavy atom. The van der Waals surface area contributed by atoms with E-state index in [1.165, 1.54) is 22.9 Å². The van der Waals surface area contributed by atoms with Gasteiger partial charge in [-0.15, -0.1) is 0 Å². The van der Waals surface area contributed by atoms with Gasteiger partial charge in [0.2, 0.25) is 0 Å². The fourth-order valence-electron chi connectivity index (χ4n) is 2.00. The summed E-state index contributed by atoms with van der Waals surface area (Å²) in [5.74, 6) is 1.30. The second-order valence-corrected chi connectivity index (χ2v) is 5.26. The third-order valence-corrected chi connectivity index (χ3v) is 3.50. The summed E-state index contributed by atoms with van der Waals surface area (Å²) < 4.78 is 0. The van der Waals surface area contributed by atoms with E-state index < -0.39 is 0 Å². The molecule has 0 amide bonds. The van der Waals surface area contributed by atoms with Crippen LogP contribution in [-0.2, 0) is 0 Å². The molecular formula is C14H18N4S. The molecule has 1 aromatic heterocycles. The maximum Gasteiger partial charge on any atom is 0.191 e. The van der Waals surface area contributed by atoms with Crippen molar-refractivity contribution in [3.05, 3.63) is 35.4 Å². The summed E-state index contributed by atoms with van der Waals surface area (Å²) in [6, 6.07) is 8.14. The number of nitrogens with zero attached hydrogens (tertiary/aromatic N) is 3. The van der Waals surface area contributed by atoms with Gasteiger partial charge in [-0.05, 0) is 31.7 Å². The second kappa shape index (κ2) is 5.48. The van der Waals surface area contributed by atoms with Crippen LogP contribution in [0.3, 0.4) is 0 Å². The third-order valence-electron chi connectivity index (χ3n) is 2.95. The molecule has 0 saturated carbocycles. The molecule has 5 heteroatoms. The van der Waals surface area contributed by atoms with E-state index in [1.54, 1.807) is 6.07 Å². The van der Waals surface area contributed by atoms with E-state index in [-0.39, 0.29) is 0 Å². The first-order valence-electron chi connectivity index (χ1n) is 6.01. The second-order valence-electron chi connectivity index (χ2n) is 4.49. The number of aromatic nitrogens is 2. The van der Waals surface area contributed by atoms with Gasteiger partial charge in [-0.3, -0.25) is 0 Å². The molecular weight excluding hydrogens is 256 g/mol. The van der Waals surface area contributed by atoms with E-state index in [0.717, 1.165) is 11.5 Å². The van der Waals surface area contributed by atoms with E-state index in [4.69, 9.17) is 5.73 Å². The van der Waals surface area contributed by atoms with Crippen molar-refractivity contribution >= 4 is 29.1 Å². The lowest BCUT2D eigenvalue weighted by Crippen LogP contribution is -2.14. The molecule has 0 aliphatic carbocycles. The van der Waals surface area contributed by atoms with E-state index in [1.807, 2.05) is 18.2 Å². The zero-order chi connectivity index (χ0) is 14.0. The zero-order valence-electron chi connectivity index (χ0n) is 11.6. The van der Waals surface area contributed by atoms with Gasteiger partial charge in [-0.25, -0.2) is 9.97 Å². The Hall–Kier alpha value is -1.75. The number of benzene rings is 1. The molecule has 0 saturated heterocycles. The number of rotatable bonds is 3. The molecule has 0 spiro atoms. The average Bonchev–Trinajstić information content (AvgIpc) is 2.37. The quantitative estimate of drug-likeness (QED) is 0.688. The highest BCUT2D eigenvalue weighted by atomic mass is 32.2. The molecule has 0 radical (unpaired) electrons. The molecule has 1 aromatic carbocycles. The van der Waals surface area contributed by atoms with Crippen molar-refractivity contribution in [2.45, 2.75) is 19.0 Å². The highest BCUT2D eigenvalue weighted by Gasteiger charge is 2.10. The predicted molar refractivity (Wildman–Crippen MR) is 82.2 cm³/mol. The fourth-order valence-corrected chi connectivity index (χ4v) is 2.38. The lowest BCUT2D eigenvalue weighted by Gasteiger charge is -2.21. The van der Waals surface area contributed by atoms with E-state index >= 15 is 0 Å². The first-order chi connectivity index (χ1) is 9.01. The molecule has 0 atom stereocenters. The van der Waals surface area contributed by atoms with Gasteiger partial charge >= 0.3 is 0 Å². The maximum absolute atomic E-state index is 5.82. The van der Waals surface area contributed by atoms with Crippen molar-refractivity contribution in [1.82, 2.24) is 9.97 Å². The molecule has 0 aliphatic heterocycles. The number of anilines is 3. The monoisotopic (exact) mass is 274 g/mol. The Morgan fingerprint density at radius 1 is 1.16 bits per heavy atom. The average molecular weight is 274 g/mol. The lowest BCUT2D eigenvalue weighted by atomic mass is 10.1. The number of thioether (sulfide) groups is 1. The predicted octanol–water partition coefficient (Wildman–Crippen LogP) is 3.17. The van der Waals surface area contributed by atoms with Crippen molar-refractivity contribution in [3.63, 3.8) is 0 Å². The zero-order valence-corrected chi connectivity index (χ0v) is 12.5. The first-order valence-corrected chi connectivity index (χ1v) is 7.23. The minimum Gasteiger partial charge on any atom is -0.383 e. The van der Waals surface area contributed by atoms with Crippen LogP contribution in [0.5, 0.6) is 0 Å². The lowest BCUT2D eigenvalue weighted by molar-refractivity contribution is 0.951. The van der Waals surface area contributed by atoms with Gasteiger partial charge < -0.3 is 10.6 Å². The van der Waals surface area contributed by atoms with Gasteiger partial charge in [0.1, 0.15) is 11.6 Å². The molecule has 0 bridgehead atoms. The normalized spacial score (nSPS) is 10.5. The number of nitrogen functional groups attached to an aromatic ring is 1. The molecule has 0 unspecified atom stereocenters. The Bertz CT molecular complexity index is 598. The molecule has 0 fully saturated rings. The summed E-state index contributed by atoms with van der Waals surface area (Å²) in [7, 11) is 1.99. The van der Waals surface area contributed by atoms with Gasteiger partial charge in [-0.1, -0.05) is 29.5 Å². The standard InChI is InChI=1S/C14H18N4S/c1-9-5-6-11(10(2)7-9)18(3)13-8-12(15)16-14(17-13)19-4/h5-8H,1-4H3,(H2,15,16,17). The summed E-state index contributed by atoms with van der Waals surface area (Å²) in [6.45, 7) is 4.18. The van der Waals surface area contributed by atoms with Crippen LogP contribution in [0.2, 0.25) is 0 Å². The summed E-state index contributed by atoms with van der Waals surface area (Å²) >= 11 is 1.49. The number of hydrogen-bond acceptors (Lipinski definition) is 5. The van der Waals surface area contributed by atoms with Crippen molar-refractivity contribution in [1.29, 1.82) is 0 Å². The van der Waals surface area contributed by atoms with Gasteiger partial charge in [0, 0.05) is 18.8 Å². The van der Waals surface area contributed by atoms with Crippen LogP contribution in [0, 0.1) is 13.8 Å². The molecule has 2 rings (SSSR count). The fraction of sp³-hybridized carbons (Fsp3) is 0.286.